The van der Waals surface area contributed by atoms with E-state index in [0.717, 1.165) is 0 Å². The van der Waals surface area contributed by atoms with Crippen molar-refractivity contribution in [3.8, 4) is 23.0 Å². The fraction of sp³-hybridized carbons (Fsp3) is 0.100. The summed E-state index contributed by atoms with van der Waals surface area (Å²) in [7, 11) is 0. The van der Waals surface area contributed by atoms with Crippen LogP contribution in [-0.2, 0) is 4.79 Å². The van der Waals surface area contributed by atoms with E-state index in [1.165, 1.54) is 6.21 Å². The van der Waals surface area contributed by atoms with E-state index in [0.29, 0.717) is 40.7 Å². The van der Waals surface area contributed by atoms with Crippen molar-refractivity contribution in [2.45, 2.75) is 13.2 Å². The number of rotatable bonds is 11. The van der Waals surface area contributed by atoms with E-state index in [9.17, 15) is 9.59 Å². The van der Waals surface area contributed by atoms with E-state index in [-0.39, 0.29) is 0 Å². The van der Waals surface area contributed by atoms with Crippen molar-refractivity contribution in [1.29, 1.82) is 0 Å². The number of hydrogen-bond donors (Lipinski definition) is 1. The monoisotopic (exact) mass is 510 g/mol. The van der Waals surface area contributed by atoms with Gasteiger partial charge in [-0.15, -0.1) is 0 Å². The van der Waals surface area contributed by atoms with Gasteiger partial charge in [0.1, 0.15) is 23.0 Å². The van der Waals surface area contributed by atoms with Gasteiger partial charge in [-0.3, -0.25) is 4.79 Å². The number of hydrogen-bond acceptors (Lipinski definition) is 7. The zero-order valence-corrected chi connectivity index (χ0v) is 20.7. The average molecular weight is 511 g/mol. The Kier molecular flexibility index (Phi) is 9.07. The van der Waals surface area contributed by atoms with E-state index in [4.69, 9.17) is 18.9 Å². The SMILES string of the molecule is CCOc1ccc(C(=O)Oc2ccc(/C=N\NC(=O)C(Oc3ccccc3)Oc3ccccc3)cc2)cc1. The van der Waals surface area contributed by atoms with Crippen molar-refractivity contribution in [2.75, 3.05) is 6.61 Å². The summed E-state index contributed by atoms with van der Waals surface area (Å²) in [6.07, 6.45) is 0.194. The second kappa shape index (κ2) is 13.3. The molecule has 8 nitrogen and oxygen atoms in total. The predicted octanol–water partition coefficient (Wildman–Crippen LogP) is 5.24. The first kappa shape index (κ1) is 26.0. The highest BCUT2D eigenvalue weighted by Crippen LogP contribution is 2.18. The summed E-state index contributed by atoms with van der Waals surface area (Å²) >= 11 is 0. The molecule has 0 saturated carbocycles. The molecule has 0 unspecified atom stereocenters. The van der Waals surface area contributed by atoms with Crippen molar-refractivity contribution >= 4 is 18.1 Å². The zero-order chi connectivity index (χ0) is 26.6. The molecule has 38 heavy (non-hydrogen) atoms. The van der Waals surface area contributed by atoms with Crippen molar-refractivity contribution in [3.05, 3.63) is 120 Å². The van der Waals surface area contributed by atoms with Gasteiger partial charge in [0.2, 0.25) is 0 Å². The number of amides is 1. The van der Waals surface area contributed by atoms with Crippen LogP contribution in [0.5, 0.6) is 23.0 Å². The van der Waals surface area contributed by atoms with E-state index in [1.807, 2.05) is 19.1 Å². The molecule has 0 aliphatic carbocycles. The van der Waals surface area contributed by atoms with Crippen molar-refractivity contribution in [2.24, 2.45) is 5.10 Å². The first-order valence-corrected chi connectivity index (χ1v) is 11.9. The number of benzene rings is 4. The number of carbonyl (C=O) groups is 2. The Morgan fingerprint density at radius 2 is 1.29 bits per heavy atom. The lowest BCUT2D eigenvalue weighted by Gasteiger charge is -2.18. The Hall–Kier alpha value is -5.11. The molecule has 4 aromatic rings. The van der Waals surface area contributed by atoms with Crippen molar-refractivity contribution in [3.63, 3.8) is 0 Å². The van der Waals surface area contributed by atoms with Gasteiger partial charge < -0.3 is 18.9 Å². The molecule has 0 saturated heterocycles. The Balaban J connectivity index is 1.33. The lowest BCUT2D eigenvalue weighted by molar-refractivity contribution is -0.140. The number of nitrogens with zero attached hydrogens (tertiary/aromatic N) is 1. The van der Waals surface area contributed by atoms with Gasteiger partial charge in [0.05, 0.1) is 18.4 Å². The van der Waals surface area contributed by atoms with E-state index < -0.39 is 18.2 Å². The number of carbonyl (C=O) groups excluding carboxylic acids is 2. The van der Waals surface area contributed by atoms with Crippen LogP contribution in [0, 0.1) is 0 Å². The smallest absolute Gasteiger partial charge is 0.343 e. The summed E-state index contributed by atoms with van der Waals surface area (Å²) in [6, 6.07) is 31.2. The van der Waals surface area contributed by atoms with Crippen LogP contribution in [0.1, 0.15) is 22.8 Å². The van der Waals surface area contributed by atoms with Gasteiger partial charge in [-0.2, -0.15) is 5.10 Å². The molecule has 4 aromatic carbocycles. The fourth-order valence-electron chi connectivity index (χ4n) is 3.24. The Morgan fingerprint density at radius 1 is 0.737 bits per heavy atom. The Morgan fingerprint density at radius 3 is 1.84 bits per heavy atom. The molecule has 0 aliphatic rings. The maximum Gasteiger partial charge on any atom is 0.343 e. The van der Waals surface area contributed by atoms with Crippen molar-refractivity contribution in [1.82, 2.24) is 5.43 Å². The average Bonchev–Trinajstić information content (AvgIpc) is 2.95. The van der Waals surface area contributed by atoms with E-state index in [2.05, 4.69) is 10.5 Å². The topological polar surface area (TPSA) is 95.5 Å². The van der Waals surface area contributed by atoms with Gasteiger partial charge in [0.15, 0.2) is 0 Å². The van der Waals surface area contributed by atoms with Crippen LogP contribution >= 0.6 is 0 Å². The van der Waals surface area contributed by atoms with Crippen LogP contribution < -0.4 is 24.4 Å². The molecule has 192 valence electrons. The molecule has 0 bridgehead atoms. The molecular formula is C30H26N2O6. The highest BCUT2D eigenvalue weighted by molar-refractivity contribution is 5.91. The van der Waals surface area contributed by atoms with Crippen molar-refractivity contribution < 1.29 is 28.5 Å². The number of ether oxygens (including phenoxy) is 4. The van der Waals surface area contributed by atoms with Crippen LogP contribution in [0.3, 0.4) is 0 Å². The normalized spacial score (nSPS) is 10.7. The van der Waals surface area contributed by atoms with Crippen LogP contribution in [0.25, 0.3) is 0 Å². The molecule has 0 fully saturated rings. The predicted molar refractivity (Wildman–Crippen MR) is 143 cm³/mol. The third-order valence-electron chi connectivity index (χ3n) is 5.07. The van der Waals surface area contributed by atoms with E-state index in [1.54, 1.807) is 97.1 Å². The standard InChI is InChI=1S/C30H26N2O6/c1-2-35-24-19-15-23(16-20-24)29(34)36-27-17-13-22(14-18-27)21-31-32-28(33)30(37-25-9-5-3-6-10-25)38-26-11-7-4-8-12-26/h3-21,30H,2H2,1H3,(H,32,33)/b31-21-. The lowest BCUT2D eigenvalue weighted by atomic mass is 10.2. The largest absolute Gasteiger partial charge is 0.494 e. The second-order valence-corrected chi connectivity index (χ2v) is 7.84. The fourth-order valence-corrected chi connectivity index (χ4v) is 3.24. The molecule has 0 radical (unpaired) electrons. The summed E-state index contributed by atoms with van der Waals surface area (Å²) in [5.74, 6) is 0.937. The molecule has 8 heteroatoms. The summed E-state index contributed by atoms with van der Waals surface area (Å²) in [4.78, 5) is 25.1. The maximum absolute atomic E-state index is 12.8. The minimum absolute atomic E-state index is 0.373. The van der Waals surface area contributed by atoms with Gasteiger partial charge in [-0.1, -0.05) is 36.4 Å². The molecule has 0 atom stereocenters. The first-order chi connectivity index (χ1) is 18.6. The second-order valence-electron chi connectivity index (χ2n) is 7.84. The number of hydrazone groups is 1. The summed E-state index contributed by atoms with van der Waals surface area (Å²) in [6.45, 7) is 2.44. The number of para-hydroxylation sites is 2. The van der Waals surface area contributed by atoms with Gasteiger partial charge in [0, 0.05) is 0 Å². The van der Waals surface area contributed by atoms with E-state index >= 15 is 0 Å². The van der Waals surface area contributed by atoms with Crippen LogP contribution in [0.15, 0.2) is 114 Å². The molecule has 0 heterocycles. The van der Waals surface area contributed by atoms with Crippen LogP contribution in [0.2, 0.25) is 0 Å². The summed E-state index contributed by atoms with van der Waals surface area (Å²) in [5.41, 5.74) is 3.52. The lowest BCUT2D eigenvalue weighted by Crippen LogP contribution is -2.40. The summed E-state index contributed by atoms with van der Waals surface area (Å²) in [5, 5.41) is 4.00. The molecular weight excluding hydrogens is 484 g/mol. The molecule has 1 N–H and O–H groups in total. The molecule has 1 amide bonds. The van der Waals surface area contributed by atoms with Crippen LogP contribution in [-0.4, -0.2) is 31.0 Å². The Bertz CT molecular complexity index is 1300. The van der Waals surface area contributed by atoms with Gasteiger partial charge in [-0.25, -0.2) is 10.2 Å². The minimum atomic E-state index is -1.26. The third-order valence-corrected chi connectivity index (χ3v) is 5.07. The third kappa shape index (κ3) is 7.69. The Labute approximate surface area is 220 Å². The molecule has 4 rings (SSSR count). The van der Waals surface area contributed by atoms with Crippen LogP contribution in [0.4, 0.5) is 0 Å². The number of nitrogens with one attached hydrogen (secondary N) is 1. The highest BCUT2D eigenvalue weighted by Gasteiger charge is 2.22. The highest BCUT2D eigenvalue weighted by atomic mass is 16.7. The van der Waals surface area contributed by atoms with Gasteiger partial charge >= 0.3 is 18.2 Å². The number of esters is 1. The first-order valence-electron chi connectivity index (χ1n) is 11.9. The molecule has 0 spiro atoms. The maximum atomic E-state index is 12.8. The summed E-state index contributed by atoms with van der Waals surface area (Å²) < 4.78 is 22.3. The molecule has 0 aromatic heterocycles. The molecule has 0 aliphatic heterocycles. The van der Waals surface area contributed by atoms with Gasteiger partial charge in [-0.05, 0) is 85.3 Å². The minimum Gasteiger partial charge on any atom is -0.494 e. The zero-order valence-electron chi connectivity index (χ0n) is 20.7. The quantitative estimate of drug-likeness (QED) is 0.0975. The van der Waals surface area contributed by atoms with Gasteiger partial charge in [0.25, 0.3) is 0 Å².